The van der Waals surface area contributed by atoms with Crippen LogP contribution in [0.4, 0.5) is 0 Å². The number of nitrogens with zero attached hydrogens (tertiary/aromatic N) is 2. The molecular weight excluding hydrogens is 298 g/mol. The van der Waals surface area contributed by atoms with Gasteiger partial charge in [-0.05, 0) is 30.5 Å². The van der Waals surface area contributed by atoms with E-state index in [9.17, 15) is 4.79 Å². The topological polar surface area (TPSA) is 46.9 Å². The molecule has 0 saturated heterocycles. The number of benzene rings is 1. The first-order chi connectivity index (χ1) is 10.7. The van der Waals surface area contributed by atoms with Crippen LogP contribution in [0.5, 0.6) is 0 Å². The maximum Gasteiger partial charge on any atom is 0.244 e. The van der Waals surface area contributed by atoms with Gasteiger partial charge >= 0.3 is 0 Å². The lowest BCUT2D eigenvalue weighted by atomic mass is 10.2. The van der Waals surface area contributed by atoms with Crippen molar-refractivity contribution in [3.63, 3.8) is 0 Å². The van der Waals surface area contributed by atoms with Crippen molar-refractivity contribution in [2.45, 2.75) is 25.3 Å². The molecule has 4 nitrogen and oxygen atoms in total. The Morgan fingerprint density at radius 3 is 3.00 bits per heavy atom. The molecule has 0 radical (unpaired) electrons. The first-order valence-corrected chi connectivity index (χ1v) is 7.83. The minimum Gasteiger partial charge on any atom is -0.351 e. The minimum atomic E-state index is -0.118. The van der Waals surface area contributed by atoms with E-state index in [0.29, 0.717) is 17.5 Å². The number of halogens is 1. The molecule has 1 aromatic heterocycles. The Morgan fingerprint density at radius 2 is 2.23 bits per heavy atom. The van der Waals surface area contributed by atoms with Gasteiger partial charge in [-0.3, -0.25) is 4.79 Å². The van der Waals surface area contributed by atoms with Crippen LogP contribution in [0, 0.1) is 0 Å². The summed E-state index contributed by atoms with van der Waals surface area (Å²) in [4.78, 5) is 16.2. The van der Waals surface area contributed by atoms with Crippen molar-refractivity contribution in [2.75, 3.05) is 6.54 Å². The molecule has 0 spiro atoms. The highest BCUT2D eigenvalue weighted by molar-refractivity contribution is 6.32. The van der Waals surface area contributed by atoms with Crippen molar-refractivity contribution >= 4 is 23.6 Å². The molecule has 1 aliphatic rings. The van der Waals surface area contributed by atoms with Crippen molar-refractivity contribution < 1.29 is 4.79 Å². The van der Waals surface area contributed by atoms with Gasteiger partial charge in [0.15, 0.2) is 0 Å². The third-order valence-corrected chi connectivity index (χ3v) is 4.01. The molecule has 1 aliphatic carbocycles. The van der Waals surface area contributed by atoms with Crippen molar-refractivity contribution in [1.29, 1.82) is 0 Å². The van der Waals surface area contributed by atoms with Crippen molar-refractivity contribution in [1.82, 2.24) is 14.9 Å². The highest BCUT2D eigenvalue weighted by Crippen LogP contribution is 2.38. The van der Waals surface area contributed by atoms with Crippen LogP contribution in [0.3, 0.4) is 0 Å². The van der Waals surface area contributed by atoms with E-state index >= 15 is 0 Å². The normalized spacial score (nSPS) is 14.4. The Kier molecular flexibility index (Phi) is 4.59. The molecule has 0 atom stereocenters. The fourth-order valence-corrected chi connectivity index (χ4v) is 2.54. The smallest absolute Gasteiger partial charge is 0.244 e. The van der Waals surface area contributed by atoms with Crippen LogP contribution in [0.2, 0.25) is 5.02 Å². The molecule has 1 aromatic carbocycles. The van der Waals surface area contributed by atoms with E-state index in [-0.39, 0.29) is 5.91 Å². The summed E-state index contributed by atoms with van der Waals surface area (Å²) < 4.78 is 2.12. The highest BCUT2D eigenvalue weighted by atomic mass is 35.5. The van der Waals surface area contributed by atoms with E-state index in [1.165, 1.54) is 18.9 Å². The number of imidazole rings is 1. The quantitative estimate of drug-likeness (QED) is 0.832. The second-order valence-corrected chi connectivity index (χ2v) is 5.81. The van der Waals surface area contributed by atoms with Crippen LogP contribution in [-0.4, -0.2) is 22.0 Å². The summed E-state index contributed by atoms with van der Waals surface area (Å²) in [6.07, 6.45) is 9.49. The monoisotopic (exact) mass is 315 g/mol. The Morgan fingerprint density at radius 1 is 1.41 bits per heavy atom. The molecule has 0 aliphatic heterocycles. The van der Waals surface area contributed by atoms with Gasteiger partial charge in [-0.2, -0.15) is 0 Å². The Labute approximate surface area is 134 Å². The molecule has 1 heterocycles. The average molecular weight is 316 g/mol. The molecule has 0 bridgehead atoms. The van der Waals surface area contributed by atoms with Crippen LogP contribution in [0.15, 0.2) is 42.7 Å². The fourth-order valence-electron chi connectivity index (χ4n) is 2.35. The van der Waals surface area contributed by atoms with Crippen molar-refractivity contribution in [3.05, 3.63) is 59.1 Å². The third-order valence-electron chi connectivity index (χ3n) is 3.66. The predicted octanol–water partition coefficient (Wildman–Crippen LogP) is 3.24. The number of amides is 1. The van der Waals surface area contributed by atoms with Gasteiger partial charge in [0.1, 0.15) is 5.82 Å². The van der Waals surface area contributed by atoms with Crippen LogP contribution in [-0.2, 0) is 11.3 Å². The number of rotatable bonds is 6. The SMILES string of the molecule is O=C(/C=C/c1ccccc1Cl)NCCn1ccnc1C1CC1. The van der Waals surface area contributed by atoms with Gasteiger partial charge in [0.2, 0.25) is 5.91 Å². The Bertz CT molecular complexity index is 689. The maximum atomic E-state index is 11.8. The van der Waals surface area contributed by atoms with Gasteiger partial charge < -0.3 is 9.88 Å². The highest BCUT2D eigenvalue weighted by Gasteiger charge is 2.27. The summed E-state index contributed by atoms with van der Waals surface area (Å²) in [7, 11) is 0. The van der Waals surface area contributed by atoms with Crippen molar-refractivity contribution in [2.24, 2.45) is 0 Å². The summed E-state index contributed by atoms with van der Waals surface area (Å²) in [6.45, 7) is 1.33. The number of nitrogens with one attached hydrogen (secondary N) is 1. The molecular formula is C17H18ClN3O. The zero-order valence-corrected chi connectivity index (χ0v) is 13.0. The number of carbonyl (C=O) groups is 1. The molecule has 2 aromatic rings. The van der Waals surface area contributed by atoms with Gasteiger partial charge in [-0.1, -0.05) is 29.8 Å². The second-order valence-electron chi connectivity index (χ2n) is 5.40. The number of carbonyl (C=O) groups excluding carboxylic acids is 1. The van der Waals surface area contributed by atoms with E-state index in [4.69, 9.17) is 11.6 Å². The molecule has 3 rings (SSSR count). The summed E-state index contributed by atoms with van der Waals surface area (Å²) in [5, 5.41) is 3.52. The first-order valence-electron chi connectivity index (χ1n) is 7.45. The molecule has 0 unspecified atom stereocenters. The number of aromatic nitrogens is 2. The summed E-state index contributed by atoms with van der Waals surface area (Å²) in [5.41, 5.74) is 0.838. The van der Waals surface area contributed by atoms with E-state index in [2.05, 4.69) is 14.9 Å². The lowest BCUT2D eigenvalue weighted by molar-refractivity contribution is -0.116. The first kappa shape index (κ1) is 14.9. The van der Waals surface area contributed by atoms with E-state index < -0.39 is 0 Å². The van der Waals surface area contributed by atoms with Gasteiger partial charge in [0.25, 0.3) is 0 Å². The van der Waals surface area contributed by atoms with Crippen LogP contribution in [0.1, 0.15) is 30.1 Å². The van der Waals surface area contributed by atoms with Gasteiger partial charge in [0, 0.05) is 42.5 Å². The largest absolute Gasteiger partial charge is 0.351 e. The number of hydrogen-bond acceptors (Lipinski definition) is 2. The number of hydrogen-bond donors (Lipinski definition) is 1. The van der Waals surface area contributed by atoms with Gasteiger partial charge in [-0.25, -0.2) is 4.98 Å². The van der Waals surface area contributed by atoms with Crippen LogP contribution in [0.25, 0.3) is 6.08 Å². The molecule has 22 heavy (non-hydrogen) atoms. The van der Waals surface area contributed by atoms with Crippen LogP contribution < -0.4 is 5.32 Å². The fraction of sp³-hybridized carbons (Fsp3) is 0.294. The van der Waals surface area contributed by atoms with E-state index in [1.54, 1.807) is 12.1 Å². The third kappa shape index (κ3) is 3.77. The Balaban J connectivity index is 1.48. The van der Waals surface area contributed by atoms with Crippen molar-refractivity contribution in [3.8, 4) is 0 Å². The molecule has 1 N–H and O–H groups in total. The second kappa shape index (κ2) is 6.79. The molecule has 1 saturated carbocycles. The zero-order chi connectivity index (χ0) is 15.4. The maximum absolute atomic E-state index is 11.8. The minimum absolute atomic E-state index is 0.118. The standard InChI is InChI=1S/C17H18ClN3O/c18-15-4-2-1-3-13(15)7-8-16(22)19-9-11-21-12-10-20-17(21)14-5-6-14/h1-4,7-8,10,12,14H,5-6,9,11H2,(H,19,22)/b8-7+. The Hall–Kier alpha value is -2.07. The lowest BCUT2D eigenvalue weighted by Crippen LogP contribution is -2.25. The summed E-state index contributed by atoms with van der Waals surface area (Å²) in [5.74, 6) is 1.64. The zero-order valence-electron chi connectivity index (χ0n) is 12.2. The van der Waals surface area contributed by atoms with E-state index in [1.807, 2.05) is 30.6 Å². The summed E-state index contributed by atoms with van der Waals surface area (Å²) >= 11 is 6.04. The average Bonchev–Trinajstić information content (AvgIpc) is 3.26. The summed E-state index contributed by atoms with van der Waals surface area (Å²) in [6, 6.07) is 7.43. The lowest BCUT2D eigenvalue weighted by Gasteiger charge is -2.07. The molecule has 114 valence electrons. The van der Waals surface area contributed by atoms with Gasteiger partial charge in [-0.15, -0.1) is 0 Å². The molecule has 5 heteroatoms. The van der Waals surface area contributed by atoms with Crippen LogP contribution >= 0.6 is 11.6 Å². The molecule has 1 amide bonds. The predicted molar refractivity (Wildman–Crippen MR) is 87.7 cm³/mol. The van der Waals surface area contributed by atoms with E-state index in [0.717, 1.165) is 17.9 Å². The molecule has 1 fully saturated rings. The van der Waals surface area contributed by atoms with Gasteiger partial charge in [0.05, 0.1) is 0 Å².